The number of aryl methyl sites for hydroxylation is 1. The molecule has 1 aromatic carbocycles. The second-order valence-corrected chi connectivity index (χ2v) is 3.08. The molecule has 0 heterocycles. The second-order valence-electron chi connectivity index (χ2n) is 2.23. The first-order valence-electron chi connectivity index (χ1n) is 3.07. The van der Waals surface area contributed by atoms with E-state index >= 15 is 0 Å². The van der Waals surface area contributed by atoms with E-state index in [1.54, 1.807) is 6.07 Å². The molecule has 0 spiro atoms. The summed E-state index contributed by atoms with van der Waals surface area (Å²) in [5.74, 6) is 1.91. The predicted molar refractivity (Wildman–Crippen MR) is 46.8 cm³/mol. The van der Waals surface area contributed by atoms with Gasteiger partial charge in [-0.25, -0.2) is 4.39 Å². The van der Waals surface area contributed by atoms with Crippen LogP contribution in [0.5, 0.6) is 0 Å². The fraction of sp³-hybridized carbons (Fsp3) is 0.111. The van der Waals surface area contributed by atoms with Crippen molar-refractivity contribution in [1.29, 1.82) is 0 Å². The van der Waals surface area contributed by atoms with Crippen molar-refractivity contribution in [2.45, 2.75) is 6.92 Å². The van der Waals surface area contributed by atoms with Crippen molar-refractivity contribution in [3.63, 3.8) is 0 Å². The van der Waals surface area contributed by atoms with E-state index in [2.05, 4.69) is 21.9 Å². The fourth-order valence-electron chi connectivity index (χ4n) is 0.768. The third kappa shape index (κ3) is 1.61. The Labute approximate surface area is 73.6 Å². The molecule has 0 bridgehead atoms. The number of hydrogen-bond acceptors (Lipinski definition) is 0. The minimum absolute atomic E-state index is 0.311. The maximum atomic E-state index is 12.9. The summed E-state index contributed by atoms with van der Waals surface area (Å²) in [5, 5.41) is 0. The molecule has 0 aliphatic rings. The molecule has 0 aromatic heterocycles. The van der Waals surface area contributed by atoms with Crippen LogP contribution in [-0.4, -0.2) is 0 Å². The van der Waals surface area contributed by atoms with Crippen LogP contribution in [0.25, 0.3) is 0 Å². The summed E-state index contributed by atoms with van der Waals surface area (Å²) >= 11 is 3.20. The van der Waals surface area contributed by atoms with Crippen molar-refractivity contribution in [2.75, 3.05) is 0 Å². The number of hydrogen-bond donors (Lipinski definition) is 0. The molecule has 0 atom stereocenters. The first kappa shape index (κ1) is 8.29. The van der Waals surface area contributed by atoms with E-state index < -0.39 is 0 Å². The van der Waals surface area contributed by atoms with E-state index in [4.69, 9.17) is 6.42 Å². The standard InChI is InChI=1S/C9H6BrF/c1-3-7-4-6(2)8(10)5-9(7)11/h1,4-5H,2H3. The summed E-state index contributed by atoms with van der Waals surface area (Å²) in [6, 6.07) is 3.02. The zero-order chi connectivity index (χ0) is 8.43. The van der Waals surface area contributed by atoms with Gasteiger partial charge in [0.25, 0.3) is 0 Å². The second kappa shape index (κ2) is 3.06. The molecule has 0 saturated carbocycles. The lowest BCUT2D eigenvalue weighted by Crippen LogP contribution is -1.85. The minimum Gasteiger partial charge on any atom is -0.206 e. The molecule has 0 amide bonds. The molecule has 0 radical (unpaired) electrons. The van der Waals surface area contributed by atoms with Gasteiger partial charge in [0.15, 0.2) is 0 Å². The quantitative estimate of drug-likeness (QED) is 0.581. The highest BCUT2D eigenvalue weighted by molar-refractivity contribution is 9.10. The van der Waals surface area contributed by atoms with Gasteiger partial charge in [0.05, 0.1) is 5.56 Å². The number of terminal acetylenes is 1. The molecule has 1 aromatic rings. The Morgan fingerprint density at radius 3 is 2.73 bits per heavy atom. The lowest BCUT2D eigenvalue weighted by atomic mass is 10.1. The summed E-state index contributed by atoms with van der Waals surface area (Å²) in [7, 11) is 0. The number of halogens is 2. The molecular weight excluding hydrogens is 207 g/mol. The predicted octanol–water partition coefficient (Wildman–Crippen LogP) is 2.88. The summed E-state index contributed by atoms with van der Waals surface area (Å²) in [4.78, 5) is 0. The van der Waals surface area contributed by atoms with E-state index in [0.717, 1.165) is 10.0 Å². The lowest BCUT2D eigenvalue weighted by Gasteiger charge is -1.99. The summed E-state index contributed by atoms with van der Waals surface area (Å²) in [6.07, 6.45) is 5.06. The van der Waals surface area contributed by atoms with E-state index in [-0.39, 0.29) is 5.82 Å². The molecule has 56 valence electrons. The SMILES string of the molecule is C#Cc1cc(C)c(Br)cc1F. The summed E-state index contributed by atoms with van der Waals surface area (Å²) in [5.41, 5.74) is 1.25. The molecule has 0 aliphatic heterocycles. The van der Waals surface area contributed by atoms with Crippen LogP contribution in [0.2, 0.25) is 0 Å². The van der Waals surface area contributed by atoms with Crippen LogP contribution < -0.4 is 0 Å². The fourth-order valence-corrected chi connectivity index (χ4v) is 1.08. The summed E-state index contributed by atoms with van der Waals surface area (Å²) in [6.45, 7) is 1.87. The summed E-state index contributed by atoms with van der Waals surface area (Å²) < 4.78 is 13.6. The van der Waals surface area contributed by atoms with Gasteiger partial charge < -0.3 is 0 Å². The number of rotatable bonds is 0. The third-order valence-electron chi connectivity index (χ3n) is 1.40. The van der Waals surface area contributed by atoms with Crippen molar-refractivity contribution in [1.82, 2.24) is 0 Å². The molecule has 1 rings (SSSR count). The highest BCUT2D eigenvalue weighted by atomic mass is 79.9. The first-order chi connectivity index (χ1) is 5.15. The zero-order valence-electron chi connectivity index (χ0n) is 5.99. The largest absolute Gasteiger partial charge is 0.206 e. The van der Waals surface area contributed by atoms with Crippen molar-refractivity contribution >= 4 is 15.9 Å². The molecule has 0 N–H and O–H groups in total. The Balaban J connectivity index is 3.35. The van der Waals surface area contributed by atoms with E-state index in [9.17, 15) is 4.39 Å². The van der Waals surface area contributed by atoms with Crippen LogP contribution in [0.3, 0.4) is 0 Å². The van der Waals surface area contributed by atoms with Crippen molar-refractivity contribution < 1.29 is 4.39 Å². The normalized spacial score (nSPS) is 9.27. The average Bonchev–Trinajstić information content (AvgIpc) is 1.97. The smallest absolute Gasteiger partial charge is 0.139 e. The molecule has 0 nitrogen and oxygen atoms in total. The Kier molecular flexibility index (Phi) is 2.31. The van der Waals surface area contributed by atoms with Gasteiger partial charge in [0.1, 0.15) is 5.82 Å². The van der Waals surface area contributed by atoms with Gasteiger partial charge in [-0.1, -0.05) is 21.9 Å². The molecule has 11 heavy (non-hydrogen) atoms. The Morgan fingerprint density at radius 1 is 1.55 bits per heavy atom. The average molecular weight is 213 g/mol. The van der Waals surface area contributed by atoms with Gasteiger partial charge in [0, 0.05) is 4.47 Å². The first-order valence-corrected chi connectivity index (χ1v) is 3.86. The Morgan fingerprint density at radius 2 is 2.18 bits per heavy atom. The molecule has 2 heteroatoms. The zero-order valence-corrected chi connectivity index (χ0v) is 7.57. The van der Waals surface area contributed by atoms with Gasteiger partial charge in [-0.15, -0.1) is 6.42 Å². The monoisotopic (exact) mass is 212 g/mol. The van der Waals surface area contributed by atoms with Crippen LogP contribution in [0.4, 0.5) is 4.39 Å². The highest BCUT2D eigenvalue weighted by Gasteiger charge is 2.02. The molecule has 0 unspecified atom stereocenters. The molecule has 0 saturated heterocycles. The minimum atomic E-state index is -0.357. The van der Waals surface area contributed by atoms with Gasteiger partial charge in [-0.3, -0.25) is 0 Å². The van der Waals surface area contributed by atoms with E-state index in [1.807, 2.05) is 6.92 Å². The molecular formula is C9H6BrF. The number of benzene rings is 1. The van der Waals surface area contributed by atoms with Gasteiger partial charge in [-0.05, 0) is 24.6 Å². The van der Waals surface area contributed by atoms with Crippen molar-refractivity contribution in [3.05, 3.63) is 33.5 Å². The van der Waals surface area contributed by atoms with E-state index in [1.165, 1.54) is 6.07 Å². The third-order valence-corrected chi connectivity index (χ3v) is 2.26. The topological polar surface area (TPSA) is 0 Å². The van der Waals surface area contributed by atoms with E-state index in [0.29, 0.717) is 5.56 Å². The van der Waals surface area contributed by atoms with Gasteiger partial charge >= 0.3 is 0 Å². The highest BCUT2D eigenvalue weighted by Crippen LogP contribution is 2.19. The molecule has 0 aliphatic carbocycles. The Bertz CT molecular complexity index is 323. The lowest BCUT2D eigenvalue weighted by molar-refractivity contribution is 0.623. The van der Waals surface area contributed by atoms with Crippen LogP contribution in [0.15, 0.2) is 16.6 Å². The maximum Gasteiger partial charge on any atom is 0.139 e. The van der Waals surface area contributed by atoms with Crippen LogP contribution >= 0.6 is 15.9 Å². The van der Waals surface area contributed by atoms with Crippen LogP contribution in [-0.2, 0) is 0 Å². The Hall–Kier alpha value is -0.810. The van der Waals surface area contributed by atoms with Gasteiger partial charge in [0.2, 0.25) is 0 Å². The van der Waals surface area contributed by atoms with Crippen molar-refractivity contribution in [2.24, 2.45) is 0 Å². The van der Waals surface area contributed by atoms with Gasteiger partial charge in [-0.2, -0.15) is 0 Å². The maximum absolute atomic E-state index is 12.9. The van der Waals surface area contributed by atoms with Crippen molar-refractivity contribution in [3.8, 4) is 12.3 Å². The molecule has 0 fully saturated rings. The van der Waals surface area contributed by atoms with Crippen LogP contribution in [0.1, 0.15) is 11.1 Å². The van der Waals surface area contributed by atoms with Crippen LogP contribution in [0, 0.1) is 25.1 Å².